The molecular formula is C16H20N2O2. The first-order valence-electron chi connectivity index (χ1n) is 7.19. The summed E-state index contributed by atoms with van der Waals surface area (Å²) in [5.41, 5.74) is 2.46. The maximum Gasteiger partial charge on any atom is 0.337 e. The van der Waals surface area contributed by atoms with Crippen LogP contribution in [-0.2, 0) is 13.5 Å². The van der Waals surface area contributed by atoms with Gasteiger partial charge in [0.1, 0.15) is 0 Å². The normalized spacial score (nSPS) is 16.1. The Balaban J connectivity index is 1.91. The van der Waals surface area contributed by atoms with Crippen LogP contribution in [0.2, 0.25) is 0 Å². The zero-order valence-electron chi connectivity index (χ0n) is 11.8. The molecule has 0 unspecified atom stereocenters. The van der Waals surface area contributed by atoms with Crippen LogP contribution in [0.25, 0.3) is 10.9 Å². The first-order chi connectivity index (χ1) is 9.66. The Morgan fingerprint density at radius 2 is 2.05 bits per heavy atom. The minimum Gasteiger partial charge on any atom is -0.478 e. The molecule has 106 valence electrons. The number of carboxylic acid groups (broad SMARTS) is 1. The molecule has 2 aromatic rings. The number of aryl methyl sites for hydroxylation is 1. The Morgan fingerprint density at radius 1 is 1.30 bits per heavy atom. The maximum absolute atomic E-state index is 11.3. The average Bonchev–Trinajstić information content (AvgIpc) is 3.05. The topological polar surface area (TPSA) is 45.5 Å². The van der Waals surface area contributed by atoms with Gasteiger partial charge in [0.25, 0.3) is 0 Å². The van der Waals surface area contributed by atoms with Crippen molar-refractivity contribution in [2.45, 2.75) is 19.3 Å². The summed E-state index contributed by atoms with van der Waals surface area (Å²) in [6.07, 6.45) is 5.67. The summed E-state index contributed by atoms with van der Waals surface area (Å²) in [4.78, 5) is 13.8. The molecule has 4 heteroatoms. The molecule has 0 aliphatic carbocycles. The van der Waals surface area contributed by atoms with E-state index in [1.54, 1.807) is 6.07 Å². The fraction of sp³-hybridized carbons (Fsp3) is 0.438. The van der Waals surface area contributed by atoms with E-state index in [-0.39, 0.29) is 0 Å². The Hall–Kier alpha value is -1.81. The minimum absolute atomic E-state index is 0.387. The molecule has 20 heavy (non-hydrogen) atoms. The van der Waals surface area contributed by atoms with Gasteiger partial charge < -0.3 is 14.6 Å². The van der Waals surface area contributed by atoms with Crippen LogP contribution in [0.1, 0.15) is 28.8 Å². The quantitative estimate of drug-likeness (QED) is 0.930. The highest BCUT2D eigenvalue weighted by atomic mass is 16.4. The van der Waals surface area contributed by atoms with Gasteiger partial charge in [-0.05, 0) is 44.0 Å². The van der Waals surface area contributed by atoms with E-state index in [0.717, 1.165) is 23.9 Å². The van der Waals surface area contributed by atoms with Crippen molar-refractivity contribution in [1.82, 2.24) is 9.47 Å². The lowest BCUT2D eigenvalue weighted by atomic mass is 10.1. The average molecular weight is 272 g/mol. The summed E-state index contributed by atoms with van der Waals surface area (Å²) in [6, 6.07) is 5.54. The number of fused-ring (bicyclic) bond motifs is 1. The molecule has 1 saturated heterocycles. The zero-order chi connectivity index (χ0) is 14.1. The number of hydrogen-bond acceptors (Lipinski definition) is 2. The number of hydrogen-bond donors (Lipinski definition) is 1. The van der Waals surface area contributed by atoms with E-state index < -0.39 is 5.97 Å². The number of aromatic nitrogens is 1. The lowest BCUT2D eigenvalue weighted by Crippen LogP contribution is -2.21. The van der Waals surface area contributed by atoms with Crippen LogP contribution in [0.3, 0.4) is 0 Å². The Kier molecular flexibility index (Phi) is 3.49. The van der Waals surface area contributed by atoms with Gasteiger partial charge >= 0.3 is 5.97 Å². The number of likely N-dealkylation sites (tertiary alicyclic amines) is 1. The summed E-state index contributed by atoms with van der Waals surface area (Å²) < 4.78 is 1.94. The van der Waals surface area contributed by atoms with Crippen LogP contribution in [0, 0.1) is 0 Å². The van der Waals surface area contributed by atoms with E-state index in [4.69, 9.17) is 0 Å². The third-order valence-electron chi connectivity index (χ3n) is 4.21. The van der Waals surface area contributed by atoms with Gasteiger partial charge in [-0.3, -0.25) is 0 Å². The third-order valence-corrected chi connectivity index (χ3v) is 4.21. The van der Waals surface area contributed by atoms with Crippen molar-refractivity contribution in [1.29, 1.82) is 0 Å². The van der Waals surface area contributed by atoms with Crippen molar-refractivity contribution < 1.29 is 9.90 Å². The molecule has 1 aromatic carbocycles. The Bertz CT molecular complexity index is 639. The van der Waals surface area contributed by atoms with Gasteiger partial charge in [-0.2, -0.15) is 0 Å². The van der Waals surface area contributed by atoms with Crippen LogP contribution in [-0.4, -0.2) is 40.2 Å². The first kappa shape index (κ1) is 13.2. The molecular weight excluding hydrogens is 252 g/mol. The predicted molar refractivity (Wildman–Crippen MR) is 79.3 cm³/mol. The third kappa shape index (κ3) is 2.31. The van der Waals surface area contributed by atoms with Crippen LogP contribution in [0.15, 0.2) is 24.4 Å². The smallest absolute Gasteiger partial charge is 0.337 e. The fourth-order valence-electron chi connectivity index (χ4n) is 3.21. The molecule has 0 atom stereocenters. The molecule has 0 spiro atoms. The number of rotatable bonds is 4. The molecule has 0 amide bonds. The molecule has 0 radical (unpaired) electrons. The number of benzene rings is 1. The van der Waals surface area contributed by atoms with Crippen LogP contribution < -0.4 is 0 Å². The Labute approximate surface area is 118 Å². The van der Waals surface area contributed by atoms with E-state index >= 15 is 0 Å². The monoisotopic (exact) mass is 272 g/mol. The molecule has 0 bridgehead atoms. The highest BCUT2D eigenvalue weighted by Crippen LogP contribution is 2.25. The van der Waals surface area contributed by atoms with Crippen LogP contribution >= 0.6 is 0 Å². The molecule has 1 fully saturated rings. The number of nitrogens with zero attached hydrogens (tertiary/aromatic N) is 2. The molecule has 1 aromatic heterocycles. The van der Waals surface area contributed by atoms with Crippen molar-refractivity contribution >= 4 is 16.9 Å². The van der Waals surface area contributed by atoms with Gasteiger partial charge in [-0.1, -0.05) is 12.1 Å². The van der Waals surface area contributed by atoms with Crippen molar-refractivity contribution in [3.05, 3.63) is 35.5 Å². The SMILES string of the molecule is Cn1cc(CCN2CCCC2)c2cccc(C(=O)O)c21. The van der Waals surface area contributed by atoms with Crippen molar-refractivity contribution in [2.24, 2.45) is 7.05 Å². The molecule has 3 rings (SSSR count). The highest BCUT2D eigenvalue weighted by Gasteiger charge is 2.16. The molecule has 1 N–H and O–H groups in total. The summed E-state index contributed by atoms with van der Waals surface area (Å²) >= 11 is 0. The van der Waals surface area contributed by atoms with E-state index in [0.29, 0.717) is 5.56 Å². The van der Waals surface area contributed by atoms with E-state index in [1.807, 2.05) is 23.7 Å². The second-order valence-electron chi connectivity index (χ2n) is 5.57. The summed E-state index contributed by atoms with van der Waals surface area (Å²) in [6.45, 7) is 3.46. The van der Waals surface area contributed by atoms with E-state index in [1.165, 1.54) is 31.5 Å². The first-order valence-corrected chi connectivity index (χ1v) is 7.19. The molecule has 0 saturated carbocycles. The maximum atomic E-state index is 11.3. The van der Waals surface area contributed by atoms with Gasteiger partial charge in [0.2, 0.25) is 0 Å². The molecule has 2 heterocycles. The number of para-hydroxylation sites is 1. The lowest BCUT2D eigenvalue weighted by Gasteiger charge is -2.13. The summed E-state index contributed by atoms with van der Waals surface area (Å²) in [5, 5.41) is 10.4. The summed E-state index contributed by atoms with van der Waals surface area (Å²) in [5.74, 6) is -0.858. The largest absolute Gasteiger partial charge is 0.478 e. The van der Waals surface area contributed by atoms with Gasteiger partial charge in [0.15, 0.2) is 0 Å². The molecule has 1 aliphatic rings. The molecule has 1 aliphatic heterocycles. The van der Waals surface area contributed by atoms with Gasteiger partial charge in [0, 0.05) is 25.2 Å². The minimum atomic E-state index is -0.858. The molecule has 4 nitrogen and oxygen atoms in total. The van der Waals surface area contributed by atoms with Gasteiger partial charge in [-0.15, -0.1) is 0 Å². The fourth-order valence-corrected chi connectivity index (χ4v) is 3.21. The van der Waals surface area contributed by atoms with Crippen molar-refractivity contribution in [3.8, 4) is 0 Å². The predicted octanol–water partition coefficient (Wildman–Crippen LogP) is 2.51. The highest BCUT2D eigenvalue weighted by molar-refractivity contribution is 6.03. The second kappa shape index (κ2) is 5.29. The van der Waals surface area contributed by atoms with Crippen molar-refractivity contribution in [3.63, 3.8) is 0 Å². The van der Waals surface area contributed by atoms with E-state index in [2.05, 4.69) is 11.1 Å². The van der Waals surface area contributed by atoms with Gasteiger partial charge in [0.05, 0.1) is 11.1 Å². The Morgan fingerprint density at radius 3 is 2.75 bits per heavy atom. The standard InChI is InChI=1S/C16H20N2O2/c1-17-11-12(7-10-18-8-2-3-9-18)13-5-4-6-14(15(13)17)16(19)20/h4-6,11H,2-3,7-10H2,1H3,(H,19,20). The van der Waals surface area contributed by atoms with Crippen molar-refractivity contribution in [2.75, 3.05) is 19.6 Å². The van der Waals surface area contributed by atoms with Crippen LogP contribution in [0.4, 0.5) is 0 Å². The second-order valence-corrected chi connectivity index (χ2v) is 5.57. The number of carbonyl (C=O) groups is 1. The van der Waals surface area contributed by atoms with Crippen LogP contribution in [0.5, 0.6) is 0 Å². The van der Waals surface area contributed by atoms with E-state index in [9.17, 15) is 9.90 Å². The number of aromatic carboxylic acids is 1. The number of carboxylic acids is 1. The zero-order valence-corrected chi connectivity index (χ0v) is 11.8. The lowest BCUT2D eigenvalue weighted by molar-refractivity contribution is 0.0698. The van der Waals surface area contributed by atoms with Gasteiger partial charge in [-0.25, -0.2) is 4.79 Å². The summed E-state index contributed by atoms with van der Waals surface area (Å²) in [7, 11) is 1.92.